The van der Waals surface area contributed by atoms with Crippen LogP contribution in [-0.2, 0) is 20.7 Å². The highest BCUT2D eigenvalue weighted by Gasteiger charge is 2.61. The van der Waals surface area contributed by atoms with Crippen molar-refractivity contribution in [3.05, 3.63) is 41.4 Å². The molecule has 5 rings (SSSR count). The Morgan fingerprint density at radius 2 is 2.15 bits per heavy atom. The zero-order chi connectivity index (χ0) is 18.4. The van der Waals surface area contributed by atoms with Crippen molar-refractivity contribution >= 4 is 23.2 Å². The average Bonchev–Trinajstić information content (AvgIpc) is 3.35. The minimum Gasteiger partial charge on any atom is -0.353 e. The van der Waals surface area contributed by atoms with Gasteiger partial charge in [-0.3, -0.25) is 9.59 Å². The summed E-state index contributed by atoms with van der Waals surface area (Å²) in [5, 5.41) is 2.88. The smallest absolute Gasteiger partial charge is 0.229 e. The van der Waals surface area contributed by atoms with Gasteiger partial charge in [0.1, 0.15) is 5.01 Å². The fourth-order valence-electron chi connectivity index (χ4n) is 4.61. The second-order valence-electron chi connectivity index (χ2n) is 7.34. The minimum absolute atomic E-state index is 0.0330. The van der Waals surface area contributed by atoms with Gasteiger partial charge in [0, 0.05) is 30.5 Å². The first-order chi connectivity index (χ1) is 13.2. The summed E-state index contributed by atoms with van der Waals surface area (Å²) in [6, 6.07) is 9.83. The number of rotatable bonds is 3. The molecule has 27 heavy (non-hydrogen) atoms. The third-order valence-electron chi connectivity index (χ3n) is 5.84. The van der Waals surface area contributed by atoms with Crippen LogP contribution in [0.3, 0.4) is 0 Å². The van der Waals surface area contributed by atoms with Crippen LogP contribution in [0.15, 0.2) is 35.7 Å². The maximum Gasteiger partial charge on any atom is 0.229 e. The van der Waals surface area contributed by atoms with Gasteiger partial charge in [-0.2, -0.15) is 0 Å². The summed E-state index contributed by atoms with van der Waals surface area (Å²) >= 11 is 1.56. The Bertz CT molecular complexity index is 884. The summed E-state index contributed by atoms with van der Waals surface area (Å²) in [6.07, 6.45) is 2.22. The second kappa shape index (κ2) is 6.42. The number of thiazole rings is 1. The van der Waals surface area contributed by atoms with Crippen molar-refractivity contribution in [1.29, 1.82) is 0 Å². The Kier molecular flexibility index (Phi) is 4.02. The molecule has 0 saturated carbocycles. The molecule has 0 radical (unpaired) electrons. The Balaban J connectivity index is 1.32. The molecule has 6 nitrogen and oxygen atoms in total. The van der Waals surface area contributed by atoms with Gasteiger partial charge in [0.05, 0.1) is 31.2 Å². The maximum absolute atomic E-state index is 13.0. The molecule has 2 amide bonds. The summed E-state index contributed by atoms with van der Waals surface area (Å²) in [4.78, 5) is 33.7. The lowest BCUT2D eigenvalue weighted by molar-refractivity contribution is -0.181. The fraction of sp³-hybridized carbons (Fsp3) is 0.450. The molecule has 4 heterocycles. The fourth-order valence-corrected chi connectivity index (χ4v) is 5.43. The quantitative estimate of drug-likeness (QED) is 0.816. The summed E-state index contributed by atoms with van der Waals surface area (Å²) in [5.41, 5.74) is 1.27. The molecule has 1 spiro atoms. The lowest BCUT2D eigenvalue weighted by Gasteiger charge is -2.42. The molecule has 2 atom stereocenters. The molecule has 0 unspecified atom stereocenters. The number of amides is 2. The van der Waals surface area contributed by atoms with E-state index in [1.165, 1.54) is 0 Å². The SMILES string of the molecule is O=C(Cc1csc(-c2ccccc2)n1)N1CC[C@@]23OCCCN2C(=O)C[C@@H]13. The zero-order valence-electron chi connectivity index (χ0n) is 15.0. The van der Waals surface area contributed by atoms with Gasteiger partial charge in [-0.1, -0.05) is 30.3 Å². The van der Waals surface area contributed by atoms with Crippen LogP contribution in [0.25, 0.3) is 10.6 Å². The van der Waals surface area contributed by atoms with Crippen LogP contribution in [0.4, 0.5) is 0 Å². The molecule has 1 aromatic heterocycles. The number of ether oxygens (including phenoxy) is 1. The standard InChI is InChI=1S/C20H21N3O3S/c24-17(11-15-13-27-19(21-15)14-5-2-1-3-6-14)22-9-7-20-16(22)12-18(25)23(20)8-4-10-26-20/h1-3,5-6,13,16H,4,7-12H2/t16-,20+/m1/s1. The maximum atomic E-state index is 13.0. The van der Waals surface area contributed by atoms with Gasteiger partial charge in [-0.25, -0.2) is 4.98 Å². The summed E-state index contributed by atoms with van der Waals surface area (Å²) in [7, 11) is 0. The van der Waals surface area contributed by atoms with E-state index in [1.54, 1.807) is 11.3 Å². The van der Waals surface area contributed by atoms with Crippen molar-refractivity contribution < 1.29 is 14.3 Å². The summed E-state index contributed by atoms with van der Waals surface area (Å²) in [5.74, 6) is 0.142. The molecule has 3 fully saturated rings. The van der Waals surface area contributed by atoms with Crippen LogP contribution in [0.1, 0.15) is 25.0 Å². The summed E-state index contributed by atoms with van der Waals surface area (Å²) in [6.45, 7) is 2.04. The van der Waals surface area contributed by atoms with E-state index in [1.807, 2.05) is 45.5 Å². The normalized spacial score (nSPS) is 27.0. The molecular weight excluding hydrogens is 362 g/mol. The number of aromatic nitrogens is 1. The number of nitrogens with zero attached hydrogens (tertiary/aromatic N) is 3. The van der Waals surface area contributed by atoms with Crippen molar-refractivity contribution in [3.63, 3.8) is 0 Å². The topological polar surface area (TPSA) is 62.7 Å². The van der Waals surface area contributed by atoms with E-state index in [0.29, 0.717) is 26.0 Å². The average molecular weight is 383 g/mol. The van der Waals surface area contributed by atoms with Crippen molar-refractivity contribution in [3.8, 4) is 10.6 Å². The van der Waals surface area contributed by atoms with Crippen LogP contribution >= 0.6 is 11.3 Å². The van der Waals surface area contributed by atoms with Crippen LogP contribution in [0.5, 0.6) is 0 Å². The van der Waals surface area contributed by atoms with E-state index < -0.39 is 5.72 Å². The van der Waals surface area contributed by atoms with Crippen molar-refractivity contribution in [2.45, 2.75) is 37.5 Å². The molecule has 1 aromatic carbocycles. The first-order valence-electron chi connectivity index (χ1n) is 9.41. The first-order valence-corrected chi connectivity index (χ1v) is 10.3. The van der Waals surface area contributed by atoms with Gasteiger partial charge in [-0.05, 0) is 6.42 Å². The number of hydrogen-bond acceptors (Lipinski definition) is 5. The molecule has 7 heteroatoms. The van der Waals surface area contributed by atoms with Crippen molar-refractivity contribution in [2.24, 2.45) is 0 Å². The summed E-state index contributed by atoms with van der Waals surface area (Å²) < 4.78 is 6.07. The van der Waals surface area contributed by atoms with E-state index in [-0.39, 0.29) is 24.3 Å². The van der Waals surface area contributed by atoms with Gasteiger partial charge in [0.2, 0.25) is 11.8 Å². The van der Waals surface area contributed by atoms with Gasteiger partial charge in [0.25, 0.3) is 0 Å². The molecular formula is C20H21N3O3S. The highest BCUT2D eigenvalue weighted by Crippen LogP contribution is 2.45. The van der Waals surface area contributed by atoms with Crippen molar-refractivity contribution in [2.75, 3.05) is 19.7 Å². The third-order valence-corrected chi connectivity index (χ3v) is 6.78. The Morgan fingerprint density at radius 1 is 1.30 bits per heavy atom. The highest BCUT2D eigenvalue weighted by molar-refractivity contribution is 7.13. The Labute approximate surface area is 161 Å². The molecule has 2 aromatic rings. The Morgan fingerprint density at radius 3 is 3.00 bits per heavy atom. The first kappa shape index (κ1) is 16.9. The minimum atomic E-state index is -0.581. The van der Waals surface area contributed by atoms with Crippen LogP contribution < -0.4 is 0 Å². The molecule has 3 aliphatic rings. The Hall–Kier alpha value is -2.25. The predicted molar refractivity (Wildman–Crippen MR) is 101 cm³/mol. The predicted octanol–water partition coefficient (Wildman–Crippen LogP) is 2.30. The number of likely N-dealkylation sites (tertiary alicyclic amines) is 1. The third kappa shape index (κ3) is 2.68. The number of carbonyl (C=O) groups excluding carboxylic acids is 2. The van der Waals surface area contributed by atoms with Crippen LogP contribution in [0, 0.1) is 0 Å². The van der Waals surface area contributed by atoms with Gasteiger partial charge < -0.3 is 14.5 Å². The molecule has 3 aliphatic heterocycles. The lowest BCUT2D eigenvalue weighted by Crippen LogP contribution is -2.56. The molecule has 0 aliphatic carbocycles. The monoisotopic (exact) mass is 383 g/mol. The second-order valence-corrected chi connectivity index (χ2v) is 8.19. The van der Waals surface area contributed by atoms with Gasteiger partial charge >= 0.3 is 0 Å². The van der Waals surface area contributed by atoms with Gasteiger partial charge in [0.15, 0.2) is 5.72 Å². The molecule has 0 bridgehead atoms. The number of hydrogen-bond donors (Lipinski definition) is 0. The van der Waals surface area contributed by atoms with Crippen molar-refractivity contribution in [1.82, 2.24) is 14.8 Å². The largest absolute Gasteiger partial charge is 0.353 e. The lowest BCUT2D eigenvalue weighted by atomic mass is 10.0. The molecule has 140 valence electrons. The zero-order valence-corrected chi connectivity index (χ0v) is 15.8. The van der Waals surface area contributed by atoms with Crippen LogP contribution in [-0.4, -0.2) is 58.1 Å². The molecule has 3 saturated heterocycles. The highest BCUT2D eigenvalue weighted by atomic mass is 32.1. The number of carbonyl (C=O) groups is 2. The molecule has 0 N–H and O–H groups in total. The van der Waals surface area contributed by atoms with Gasteiger partial charge in [-0.15, -0.1) is 11.3 Å². The van der Waals surface area contributed by atoms with E-state index in [4.69, 9.17) is 4.74 Å². The van der Waals surface area contributed by atoms with E-state index in [9.17, 15) is 9.59 Å². The van der Waals surface area contributed by atoms with E-state index >= 15 is 0 Å². The van der Waals surface area contributed by atoms with E-state index in [0.717, 1.165) is 29.2 Å². The number of benzene rings is 1. The van der Waals surface area contributed by atoms with E-state index in [2.05, 4.69) is 4.98 Å². The van der Waals surface area contributed by atoms with Crippen LogP contribution in [0.2, 0.25) is 0 Å².